The van der Waals surface area contributed by atoms with Crippen molar-refractivity contribution in [3.63, 3.8) is 0 Å². The fourth-order valence-corrected chi connectivity index (χ4v) is 3.00. The Morgan fingerprint density at radius 1 is 1.13 bits per heavy atom. The zero-order chi connectivity index (χ0) is 16.4. The van der Waals surface area contributed by atoms with Gasteiger partial charge in [0.1, 0.15) is 6.04 Å². The molecule has 0 aliphatic heterocycles. The van der Waals surface area contributed by atoms with E-state index in [1.54, 1.807) is 18.2 Å². The summed E-state index contributed by atoms with van der Waals surface area (Å²) in [5.41, 5.74) is 7.17. The molecule has 118 valence electrons. The normalized spacial score (nSPS) is 20.6. The summed E-state index contributed by atoms with van der Waals surface area (Å²) in [4.78, 5) is 24.1. The summed E-state index contributed by atoms with van der Waals surface area (Å²) in [5, 5.41) is 3.42. The molecule has 2 amide bonds. The van der Waals surface area contributed by atoms with Gasteiger partial charge in [-0.25, -0.2) is 0 Å². The quantitative estimate of drug-likeness (QED) is 0.885. The number of halogens is 1. The van der Waals surface area contributed by atoms with Crippen LogP contribution in [-0.4, -0.2) is 11.8 Å². The van der Waals surface area contributed by atoms with Crippen molar-refractivity contribution in [2.24, 2.45) is 11.7 Å². The fraction of sp³-hybridized carbons (Fsp3) is 0.222. The highest BCUT2D eigenvalue weighted by Gasteiger charge is 2.44. The molecule has 1 aliphatic carbocycles. The summed E-state index contributed by atoms with van der Waals surface area (Å²) in [5.74, 6) is -0.704. The zero-order valence-electron chi connectivity index (χ0n) is 12.4. The van der Waals surface area contributed by atoms with Gasteiger partial charge < -0.3 is 11.1 Å². The first-order chi connectivity index (χ1) is 11.1. The van der Waals surface area contributed by atoms with Crippen molar-refractivity contribution in [1.82, 2.24) is 5.32 Å². The molecule has 3 rings (SSSR count). The molecule has 2 aromatic rings. The summed E-state index contributed by atoms with van der Waals surface area (Å²) < 4.78 is 0. The minimum Gasteiger partial charge on any atom is -0.368 e. The van der Waals surface area contributed by atoms with E-state index < -0.39 is 11.9 Å². The highest BCUT2D eigenvalue weighted by atomic mass is 35.5. The number of hydrogen-bond acceptors (Lipinski definition) is 2. The van der Waals surface area contributed by atoms with Crippen LogP contribution in [-0.2, 0) is 9.59 Å². The highest BCUT2D eigenvalue weighted by molar-refractivity contribution is 6.30. The smallest absolute Gasteiger partial charge is 0.244 e. The number of carbonyl (C=O) groups is 2. The second-order valence-electron chi connectivity index (χ2n) is 5.76. The van der Waals surface area contributed by atoms with Crippen LogP contribution in [0.5, 0.6) is 0 Å². The third-order valence-electron chi connectivity index (χ3n) is 4.11. The van der Waals surface area contributed by atoms with Crippen molar-refractivity contribution in [2.45, 2.75) is 18.4 Å². The molecule has 0 saturated heterocycles. The third kappa shape index (κ3) is 3.54. The first kappa shape index (κ1) is 15.6. The summed E-state index contributed by atoms with van der Waals surface area (Å²) in [6, 6.07) is 15.7. The topological polar surface area (TPSA) is 72.2 Å². The van der Waals surface area contributed by atoms with Gasteiger partial charge in [0.2, 0.25) is 11.8 Å². The molecule has 1 aliphatic rings. The second-order valence-corrected chi connectivity index (χ2v) is 6.19. The number of hydrogen-bond donors (Lipinski definition) is 2. The molecule has 0 unspecified atom stereocenters. The van der Waals surface area contributed by atoms with Crippen LogP contribution in [0.4, 0.5) is 0 Å². The number of carbonyl (C=O) groups excluding carboxylic acids is 2. The Hall–Kier alpha value is -2.33. The van der Waals surface area contributed by atoms with Gasteiger partial charge in [0, 0.05) is 10.9 Å². The molecule has 4 nitrogen and oxygen atoms in total. The first-order valence-electron chi connectivity index (χ1n) is 7.46. The summed E-state index contributed by atoms with van der Waals surface area (Å²) >= 11 is 5.99. The SMILES string of the molecule is NC(=O)[C@H](NC(=O)[C@@H]1C[C@H]1c1cccc(Cl)c1)c1ccccc1. The van der Waals surface area contributed by atoms with E-state index in [0.29, 0.717) is 10.6 Å². The molecule has 1 fully saturated rings. The number of amides is 2. The van der Waals surface area contributed by atoms with Crippen molar-refractivity contribution in [1.29, 1.82) is 0 Å². The summed E-state index contributed by atoms with van der Waals surface area (Å²) in [7, 11) is 0. The van der Waals surface area contributed by atoms with E-state index in [2.05, 4.69) is 5.32 Å². The standard InChI is InChI=1S/C18H17ClN2O2/c19-13-8-4-7-12(9-13)14-10-15(14)18(23)21-16(17(20)22)11-5-2-1-3-6-11/h1-9,14-16H,10H2,(H2,20,22)(H,21,23)/t14-,15+,16+/m0/s1. The van der Waals surface area contributed by atoms with E-state index in [0.717, 1.165) is 12.0 Å². The number of nitrogens with two attached hydrogens (primary N) is 1. The number of primary amides is 1. The molecule has 0 radical (unpaired) electrons. The monoisotopic (exact) mass is 328 g/mol. The minimum atomic E-state index is -0.802. The Morgan fingerprint density at radius 3 is 2.52 bits per heavy atom. The van der Waals surface area contributed by atoms with E-state index in [9.17, 15) is 9.59 Å². The van der Waals surface area contributed by atoms with Gasteiger partial charge in [0.15, 0.2) is 0 Å². The molecule has 0 aromatic heterocycles. The lowest BCUT2D eigenvalue weighted by molar-refractivity contribution is -0.128. The molecular formula is C18H17ClN2O2. The lowest BCUT2D eigenvalue weighted by atomic mass is 10.1. The maximum Gasteiger partial charge on any atom is 0.244 e. The van der Waals surface area contributed by atoms with Crippen LogP contribution in [0.2, 0.25) is 5.02 Å². The molecule has 0 bridgehead atoms. The van der Waals surface area contributed by atoms with Crippen molar-refractivity contribution in [2.75, 3.05) is 0 Å². The molecule has 3 N–H and O–H groups in total. The second kappa shape index (κ2) is 6.42. The lowest BCUT2D eigenvalue weighted by Crippen LogP contribution is -2.38. The van der Waals surface area contributed by atoms with E-state index in [4.69, 9.17) is 17.3 Å². The van der Waals surface area contributed by atoms with Gasteiger partial charge in [-0.05, 0) is 35.6 Å². The van der Waals surface area contributed by atoms with Gasteiger partial charge >= 0.3 is 0 Å². The van der Waals surface area contributed by atoms with Gasteiger partial charge in [-0.2, -0.15) is 0 Å². The summed E-state index contributed by atoms with van der Waals surface area (Å²) in [6.45, 7) is 0. The predicted octanol–water partition coefficient (Wildman–Crippen LogP) is 2.79. The number of benzene rings is 2. The van der Waals surface area contributed by atoms with Crippen molar-refractivity contribution in [3.05, 3.63) is 70.7 Å². The molecule has 1 saturated carbocycles. The Morgan fingerprint density at radius 2 is 1.87 bits per heavy atom. The molecule has 0 spiro atoms. The fourth-order valence-electron chi connectivity index (χ4n) is 2.80. The molecule has 0 heterocycles. The van der Waals surface area contributed by atoms with Crippen LogP contribution >= 0.6 is 11.6 Å². The molecule has 5 heteroatoms. The van der Waals surface area contributed by atoms with Crippen molar-refractivity contribution >= 4 is 23.4 Å². The molecule has 23 heavy (non-hydrogen) atoms. The zero-order valence-corrected chi connectivity index (χ0v) is 13.2. The van der Waals surface area contributed by atoms with Gasteiger partial charge in [0.25, 0.3) is 0 Å². The van der Waals surface area contributed by atoms with E-state index >= 15 is 0 Å². The number of rotatable bonds is 5. The van der Waals surface area contributed by atoms with E-state index in [1.807, 2.05) is 36.4 Å². The third-order valence-corrected chi connectivity index (χ3v) is 4.34. The van der Waals surface area contributed by atoms with Gasteiger partial charge in [-0.15, -0.1) is 0 Å². The molecule has 2 aromatic carbocycles. The summed E-state index contributed by atoms with van der Waals surface area (Å²) in [6.07, 6.45) is 0.756. The van der Waals surface area contributed by atoms with E-state index in [-0.39, 0.29) is 17.7 Å². The average Bonchev–Trinajstić information content (AvgIpc) is 3.33. The van der Waals surface area contributed by atoms with E-state index in [1.165, 1.54) is 0 Å². The maximum atomic E-state index is 12.4. The lowest BCUT2D eigenvalue weighted by Gasteiger charge is -2.16. The average molecular weight is 329 g/mol. The Bertz CT molecular complexity index is 733. The van der Waals surface area contributed by atoms with Crippen molar-refractivity contribution < 1.29 is 9.59 Å². The molecule has 3 atom stereocenters. The Labute approximate surface area is 139 Å². The van der Waals surface area contributed by atoms with Gasteiger partial charge in [-0.3, -0.25) is 9.59 Å². The predicted molar refractivity (Wildman–Crippen MR) is 88.8 cm³/mol. The minimum absolute atomic E-state index is 0.140. The van der Waals surface area contributed by atoms with Crippen LogP contribution in [0.3, 0.4) is 0 Å². The Kier molecular flexibility index (Phi) is 4.35. The Balaban J connectivity index is 1.68. The van der Waals surface area contributed by atoms with Crippen LogP contribution < -0.4 is 11.1 Å². The maximum absolute atomic E-state index is 12.4. The molecular weight excluding hydrogens is 312 g/mol. The van der Waals surface area contributed by atoms with Crippen LogP contribution in [0.1, 0.15) is 29.5 Å². The van der Waals surface area contributed by atoms with Crippen molar-refractivity contribution in [3.8, 4) is 0 Å². The van der Waals surface area contributed by atoms with Crippen LogP contribution in [0.25, 0.3) is 0 Å². The van der Waals surface area contributed by atoms with Crippen LogP contribution in [0, 0.1) is 5.92 Å². The van der Waals surface area contributed by atoms with Crippen LogP contribution in [0.15, 0.2) is 54.6 Å². The highest BCUT2D eigenvalue weighted by Crippen LogP contribution is 2.48. The van der Waals surface area contributed by atoms with Gasteiger partial charge in [-0.1, -0.05) is 54.1 Å². The van der Waals surface area contributed by atoms with Gasteiger partial charge in [0.05, 0.1) is 0 Å². The first-order valence-corrected chi connectivity index (χ1v) is 7.84. The largest absolute Gasteiger partial charge is 0.368 e. The number of nitrogens with one attached hydrogen (secondary N) is 1.